The quantitative estimate of drug-likeness (QED) is 0.370. The number of thiophene rings is 1. The Balaban J connectivity index is 0.00000208. The highest BCUT2D eigenvalue weighted by atomic mass is 127. The fourth-order valence-electron chi connectivity index (χ4n) is 3.19. The Morgan fingerprint density at radius 1 is 1.38 bits per heavy atom. The number of morpholine rings is 1. The van der Waals surface area contributed by atoms with Crippen molar-refractivity contribution in [1.29, 1.82) is 0 Å². The lowest BCUT2D eigenvalue weighted by atomic mass is 10.2. The molecule has 1 unspecified atom stereocenters. The Morgan fingerprint density at radius 3 is 2.83 bits per heavy atom. The molecule has 0 amide bonds. The van der Waals surface area contributed by atoms with Gasteiger partial charge in [0.15, 0.2) is 5.96 Å². The molecule has 1 N–H and O–H groups in total. The molecular weight excluding hydrogens is 503 g/mol. The second-order valence-electron chi connectivity index (χ2n) is 5.91. The molecule has 0 spiro atoms. The van der Waals surface area contributed by atoms with E-state index in [-0.39, 0.29) is 24.0 Å². The molecule has 5 nitrogen and oxygen atoms in total. The summed E-state index contributed by atoms with van der Waals surface area (Å²) >= 11 is 5.27. The Hall–Kier alpha value is 0.1000. The van der Waals surface area contributed by atoms with Crippen LogP contribution >= 0.6 is 51.2 Å². The van der Waals surface area contributed by atoms with E-state index in [4.69, 9.17) is 9.73 Å². The molecular formula is C16H26BrIN4OS. The van der Waals surface area contributed by atoms with Crippen LogP contribution < -0.4 is 5.32 Å². The normalized spacial score (nSPS) is 22.5. The first-order valence-corrected chi connectivity index (χ1v) is 9.96. The van der Waals surface area contributed by atoms with Crippen molar-refractivity contribution >= 4 is 57.2 Å². The predicted molar refractivity (Wildman–Crippen MR) is 115 cm³/mol. The van der Waals surface area contributed by atoms with Crippen molar-refractivity contribution in [1.82, 2.24) is 15.1 Å². The molecule has 2 aliphatic heterocycles. The number of halogens is 2. The minimum absolute atomic E-state index is 0. The lowest BCUT2D eigenvalue weighted by molar-refractivity contribution is 0.0195. The third-order valence-electron chi connectivity index (χ3n) is 4.37. The van der Waals surface area contributed by atoms with Crippen LogP contribution in [-0.4, -0.2) is 67.7 Å². The fourth-order valence-corrected chi connectivity index (χ4v) is 4.60. The summed E-state index contributed by atoms with van der Waals surface area (Å²) < 4.78 is 6.64. The van der Waals surface area contributed by atoms with Gasteiger partial charge in [-0.05, 0) is 41.4 Å². The summed E-state index contributed by atoms with van der Waals surface area (Å²) in [5.41, 5.74) is 0. The van der Waals surface area contributed by atoms with Crippen molar-refractivity contribution in [3.05, 3.63) is 20.8 Å². The zero-order valence-corrected chi connectivity index (χ0v) is 18.8. The van der Waals surface area contributed by atoms with Crippen LogP contribution in [0.4, 0.5) is 0 Å². The van der Waals surface area contributed by atoms with Crippen LogP contribution in [0.1, 0.15) is 18.2 Å². The maximum atomic E-state index is 5.47. The smallest absolute Gasteiger partial charge is 0.194 e. The van der Waals surface area contributed by atoms with Crippen molar-refractivity contribution < 1.29 is 4.74 Å². The van der Waals surface area contributed by atoms with E-state index >= 15 is 0 Å². The summed E-state index contributed by atoms with van der Waals surface area (Å²) in [7, 11) is 0. The van der Waals surface area contributed by atoms with Crippen LogP contribution in [0.25, 0.3) is 0 Å². The first kappa shape index (κ1) is 20.4. The minimum Gasteiger partial charge on any atom is -0.379 e. The molecule has 8 heteroatoms. The molecule has 2 aliphatic rings. The Morgan fingerprint density at radius 2 is 2.17 bits per heavy atom. The fraction of sp³-hybridized carbons (Fsp3) is 0.688. The van der Waals surface area contributed by atoms with Gasteiger partial charge >= 0.3 is 0 Å². The Bertz CT molecular complexity index is 536. The second-order valence-corrected chi connectivity index (χ2v) is 8.46. The van der Waals surface area contributed by atoms with E-state index in [0.29, 0.717) is 6.04 Å². The van der Waals surface area contributed by atoms with Crippen molar-refractivity contribution in [2.24, 2.45) is 4.99 Å². The molecule has 2 fully saturated rings. The van der Waals surface area contributed by atoms with Gasteiger partial charge in [0.2, 0.25) is 0 Å². The van der Waals surface area contributed by atoms with E-state index in [1.807, 2.05) is 0 Å². The average Bonchev–Trinajstić information content (AvgIpc) is 3.21. The number of likely N-dealkylation sites (tertiary alicyclic amines) is 1. The zero-order valence-electron chi connectivity index (χ0n) is 14.0. The first-order chi connectivity index (χ1) is 11.3. The maximum absolute atomic E-state index is 5.47. The van der Waals surface area contributed by atoms with Crippen molar-refractivity contribution in [3.8, 4) is 0 Å². The van der Waals surface area contributed by atoms with Crippen LogP contribution in [0.3, 0.4) is 0 Å². The summed E-state index contributed by atoms with van der Waals surface area (Å²) in [5.74, 6) is 1.05. The van der Waals surface area contributed by atoms with E-state index in [2.05, 4.69) is 50.1 Å². The third kappa shape index (κ3) is 5.55. The molecule has 0 saturated carbocycles. The summed E-state index contributed by atoms with van der Waals surface area (Å²) in [6.45, 7) is 9.82. The number of nitrogens with one attached hydrogen (secondary N) is 1. The van der Waals surface area contributed by atoms with Gasteiger partial charge in [-0.15, -0.1) is 35.3 Å². The van der Waals surface area contributed by atoms with Crippen LogP contribution in [-0.2, 0) is 11.3 Å². The van der Waals surface area contributed by atoms with E-state index in [0.717, 1.165) is 58.4 Å². The highest BCUT2D eigenvalue weighted by molar-refractivity contribution is 14.0. The van der Waals surface area contributed by atoms with E-state index in [1.54, 1.807) is 11.3 Å². The average molecular weight is 529 g/mol. The zero-order chi connectivity index (χ0) is 16.1. The molecule has 0 radical (unpaired) electrons. The van der Waals surface area contributed by atoms with Crippen LogP contribution in [0.15, 0.2) is 20.9 Å². The number of guanidine groups is 1. The standard InChI is InChI=1S/C16H25BrN4OS.HI/c1-2-18-16(19-11-14-3-4-15(17)23-14)21-6-5-13(12-21)20-7-9-22-10-8-20;/h3-4,13H,2,5-12H2,1H3,(H,18,19);1H. The molecule has 3 heterocycles. The molecule has 1 aromatic heterocycles. The topological polar surface area (TPSA) is 40.1 Å². The van der Waals surface area contributed by atoms with Gasteiger partial charge in [-0.2, -0.15) is 0 Å². The minimum atomic E-state index is 0. The van der Waals surface area contributed by atoms with Gasteiger partial charge in [0.05, 0.1) is 23.5 Å². The van der Waals surface area contributed by atoms with Gasteiger partial charge < -0.3 is 15.0 Å². The highest BCUT2D eigenvalue weighted by Gasteiger charge is 2.30. The number of ether oxygens (including phenoxy) is 1. The van der Waals surface area contributed by atoms with E-state index < -0.39 is 0 Å². The highest BCUT2D eigenvalue weighted by Crippen LogP contribution is 2.23. The van der Waals surface area contributed by atoms with Gasteiger partial charge in [0, 0.05) is 43.6 Å². The third-order valence-corrected chi connectivity index (χ3v) is 5.98. The van der Waals surface area contributed by atoms with Gasteiger partial charge in [-0.3, -0.25) is 4.90 Å². The number of nitrogens with zero attached hydrogens (tertiary/aromatic N) is 3. The summed E-state index contributed by atoms with van der Waals surface area (Å²) in [5, 5.41) is 3.45. The summed E-state index contributed by atoms with van der Waals surface area (Å²) in [4.78, 5) is 11.1. The van der Waals surface area contributed by atoms with Crippen LogP contribution in [0.2, 0.25) is 0 Å². The second kappa shape index (κ2) is 10.3. The molecule has 0 bridgehead atoms. The van der Waals surface area contributed by atoms with Crippen molar-refractivity contribution in [2.75, 3.05) is 45.9 Å². The van der Waals surface area contributed by atoms with Crippen molar-refractivity contribution in [3.63, 3.8) is 0 Å². The molecule has 2 saturated heterocycles. The van der Waals surface area contributed by atoms with E-state index in [9.17, 15) is 0 Å². The van der Waals surface area contributed by atoms with Gasteiger partial charge in [0.1, 0.15) is 0 Å². The molecule has 3 rings (SSSR count). The number of hydrogen-bond donors (Lipinski definition) is 1. The van der Waals surface area contributed by atoms with E-state index in [1.165, 1.54) is 15.1 Å². The number of hydrogen-bond acceptors (Lipinski definition) is 4. The molecule has 1 atom stereocenters. The predicted octanol–water partition coefficient (Wildman–Crippen LogP) is 3.00. The van der Waals surface area contributed by atoms with Crippen LogP contribution in [0, 0.1) is 0 Å². The summed E-state index contributed by atoms with van der Waals surface area (Å²) in [6.07, 6.45) is 1.22. The molecule has 24 heavy (non-hydrogen) atoms. The van der Waals surface area contributed by atoms with Crippen LogP contribution in [0.5, 0.6) is 0 Å². The van der Waals surface area contributed by atoms with Crippen molar-refractivity contribution in [2.45, 2.75) is 25.9 Å². The van der Waals surface area contributed by atoms with Gasteiger partial charge in [-0.1, -0.05) is 0 Å². The molecule has 0 aromatic carbocycles. The molecule has 0 aliphatic carbocycles. The number of rotatable bonds is 4. The first-order valence-electron chi connectivity index (χ1n) is 8.35. The lowest BCUT2D eigenvalue weighted by Gasteiger charge is -2.32. The maximum Gasteiger partial charge on any atom is 0.194 e. The largest absolute Gasteiger partial charge is 0.379 e. The SMILES string of the molecule is CCNC(=NCc1ccc(Br)s1)N1CCC(N2CCOCC2)C1.I. The van der Waals surface area contributed by atoms with Gasteiger partial charge in [-0.25, -0.2) is 4.99 Å². The molecule has 136 valence electrons. The number of aliphatic imine (C=N–C) groups is 1. The monoisotopic (exact) mass is 528 g/mol. The van der Waals surface area contributed by atoms with Gasteiger partial charge in [0.25, 0.3) is 0 Å². The lowest BCUT2D eigenvalue weighted by Crippen LogP contribution is -2.46. The Kier molecular flexibility index (Phi) is 8.76. The Labute approximate surface area is 174 Å². The summed E-state index contributed by atoms with van der Waals surface area (Å²) in [6, 6.07) is 4.87. The molecule has 1 aromatic rings.